The van der Waals surface area contributed by atoms with Crippen LogP contribution in [0.1, 0.15) is 59.8 Å². The molecule has 0 saturated heterocycles. The van der Waals surface area contributed by atoms with Crippen molar-refractivity contribution in [3.63, 3.8) is 0 Å². The predicted molar refractivity (Wildman–Crippen MR) is 111 cm³/mol. The largest absolute Gasteiger partial charge is 0.393 e. The smallest absolute Gasteiger partial charge is 0.190 e. The summed E-state index contributed by atoms with van der Waals surface area (Å²) >= 11 is 0. The first-order valence-corrected chi connectivity index (χ1v) is 10.9. The lowest BCUT2D eigenvalue weighted by Crippen LogP contribution is -2.61. The second kappa shape index (κ2) is 7.81. The summed E-state index contributed by atoms with van der Waals surface area (Å²) in [7, 11) is 0. The summed E-state index contributed by atoms with van der Waals surface area (Å²) in [6.45, 7) is 6.40. The van der Waals surface area contributed by atoms with Crippen molar-refractivity contribution in [2.45, 2.75) is 71.5 Å². The molecule has 0 bridgehead atoms. The third kappa shape index (κ3) is 3.33. The molecule has 6 heteroatoms. The minimum Gasteiger partial charge on any atom is -0.393 e. The topological polar surface area (TPSA) is 112 Å². The SMILES string of the molecule is CC(C)=O.C[C@]12C=CC(=O)C=C1CC[C@@H]1[C@@H]2[C@@H](O)C[C@@]2(C)[C@H]1CC[C@]2(O)C(=O)CO. The van der Waals surface area contributed by atoms with E-state index in [4.69, 9.17) is 0 Å². The fourth-order valence-electron chi connectivity index (χ4n) is 6.92. The monoisotopic (exact) mass is 418 g/mol. The van der Waals surface area contributed by atoms with Gasteiger partial charge in [-0.15, -0.1) is 0 Å². The Kier molecular flexibility index (Phi) is 6.00. The minimum atomic E-state index is -1.56. The summed E-state index contributed by atoms with van der Waals surface area (Å²) in [6.07, 6.45) is 7.68. The van der Waals surface area contributed by atoms with E-state index in [9.17, 15) is 29.7 Å². The molecule has 3 saturated carbocycles. The molecule has 6 nitrogen and oxygen atoms in total. The lowest BCUT2D eigenvalue weighted by molar-refractivity contribution is -0.178. The van der Waals surface area contributed by atoms with Crippen LogP contribution in [0.5, 0.6) is 0 Å². The highest BCUT2D eigenvalue weighted by Crippen LogP contribution is 2.67. The second-order valence-corrected chi connectivity index (χ2v) is 10.1. The molecule has 166 valence electrons. The van der Waals surface area contributed by atoms with Crippen LogP contribution in [0.15, 0.2) is 23.8 Å². The molecular formula is C24H34O6. The molecule has 4 aliphatic carbocycles. The summed E-state index contributed by atoms with van der Waals surface area (Å²) in [5.74, 6) is -0.0599. The Labute approximate surface area is 178 Å². The number of aliphatic hydroxyl groups is 3. The van der Waals surface area contributed by atoms with Crippen molar-refractivity contribution in [2.24, 2.45) is 28.6 Å². The summed E-state index contributed by atoms with van der Waals surface area (Å²) in [5, 5.41) is 31.7. The Morgan fingerprint density at radius 2 is 1.83 bits per heavy atom. The van der Waals surface area contributed by atoms with Gasteiger partial charge in [-0.2, -0.15) is 0 Å². The van der Waals surface area contributed by atoms with Gasteiger partial charge >= 0.3 is 0 Å². The Hall–Kier alpha value is -1.63. The molecule has 0 radical (unpaired) electrons. The maximum atomic E-state index is 12.4. The van der Waals surface area contributed by atoms with Crippen molar-refractivity contribution in [3.8, 4) is 0 Å². The molecule has 0 aromatic heterocycles. The lowest BCUT2D eigenvalue weighted by atomic mass is 9.46. The number of hydrogen-bond acceptors (Lipinski definition) is 6. The average Bonchev–Trinajstić information content (AvgIpc) is 2.92. The zero-order valence-corrected chi connectivity index (χ0v) is 18.4. The zero-order chi connectivity index (χ0) is 22.5. The zero-order valence-electron chi connectivity index (χ0n) is 18.4. The lowest BCUT2D eigenvalue weighted by Gasteiger charge is -2.59. The summed E-state index contributed by atoms with van der Waals surface area (Å²) < 4.78 is 0. The molecule has 0 spiro atoms. The molecule has 4 rings (SSSR count). The van der Waals surface area contributed by atoms with E-state index in [0.717, 1.165) is 24.8 Å². The van der Waals surface area contributed by atoms with Crippen LogP contribution in [0.2, 0.25) is 0 Å². The molecule has 0 unspecified atom stereocenters. The number of ketones is 3. The molecular weight excluding hydrogens is 384 g/mol. The highest BCUT2D eigenvalue weighted by molar-refractivity contribution is 6.01. The Bertz CT molecular complexity index is 809. The van der Waals surface area contributed by atoms with E-state index < -0.39 is 29.5 Å². The van der Waals surface area contributed by atoms with Crippen molar-refractivity contribution in [3.05, 3.63) is 23.8 Å². The third-order valence-corrected chi connectivity index (χ3v) is 8.25. The minimum absolute atomic E-state index is 0.00912. The van der Waals surface area contributed by atoms with Gasteiger partial charge in [0.2, 0.25) is 0 Å². The Balaban J connectivity index is 0.000000589. The summed E-state index contributed by atoms with van der Waals surface area (Å²) in [5.41, 5.74) is -1.54. The van der Waals surface area contributed by atoms with Gasteiger partial charge in [0.05, 0.1) is 6.10 Å². The highest BCUT2D eigenvalue weighted by Gasteiger charge is 2.67. The van der Waals surface area contributed by atoms with Crippen molar-refractivity contribution < 1.29 is 29.7 Å². The maximum absolute atomic E-state index is 12.4. The molecule has 0 aliphatic heterocycles. The fourth-order valence-corrected chi connectivity index (χ4v) is 6.92. The van der Waals surface area contributed by atoms with Gasteiger partial charge in [0.25, 0.3) is 0 Å². The van der Waals surface area contributed by atoms with Gasteiger partial charge in [-0.25, -0.2) is 0 Å². The highest BCUT2D eigenvalue weighted by atomic mass is 16.3. The van der Waals surface area contributed by atoms with Gasteiger partial charge < -0.3 is 20.1 Å². The Morgan fingerprint density at radius 3 is 2.43 bits per heavy atom. The molecule has 0 aromatic rings. The normalized spacial score (nSPS) is 44.1. The molecule has 0 aromatic carbocycles. The van der Waals surface area contributed by atoms with Crippen LogP contribution < -0.4 is 0 Å². The van der Waals surface area contributed by atoms with E-state index in [0.29, 0.717) is 12.8 Å². The first kappa shape index (κ1) is 23.0. The van der Waals surface area contributed by atoms with Gasteiger partial charge in [0.15, 0.2) is 11.6 Å². The number of carbonyl (C=O) groups excluding carboxylic acids is 3. The second-order valence-electron chi connectivity index (χ2n) is 10.1. The number of rotatable bonds is 2. The van der Waals surface area contributed by atoms with Gasteiger partial charge in [-0.3, -0.25) is 9.59 Å². The van der Waals surface area contributed by atoms with Crippen LogP contribution >= 0.6 is 0 Å². The van der Waals surface area contributed by atoms with E-state index in [1.165, 1.54) is 13.8 Å². The van der Waals surface area contributed by atoms with Crippen molar-refractivity contribution >= 4 is 17.3 Å². The van der Waals surface area contributed by atoms with Crippen molar-refractivity contribution in [2.75, 3.05) is 6.61 Å². The van der Waals surface area contributed by atoms with Crippen LogP contribution in [0.3, 0.4) is 0 Å². The number of aliphatic hydroxyl groups excluding tert-OH is 2. The van der Waals surface area contributed by atoms with Gasteiger partial charge in [-0.1, -0.05) is 25.5 Å². The van der Waals surface area contributed by atoms with E-state index in [1.807, 2.05) is 13.0 Å². The molecule has 3 N–H and O–H groups in total. The number of allylic oxidation sites excluding steroid dienone is 4. The first-order chi connectivity index (χ1) is 13.9. The van der Waals surface area contributed by atoms with E-state index in [-0.39, 0.29) is 34.7 Å². The van der Waals surface area contributed by atoms with Crippen molar-refractivity contribution in [1.29, 1.82) is 0 Å². The fraction of sp³-hybridized carbons (Fsp3) is 0.708. The predicted octanol–water partition coefficient (Wildman–Crippen LogP) is 2.15. The standard InChI is InChI=1S/C21H28O5.C3H6O/c1-19-7-5-13(23)9-12(19)3-4-14-15-6-8-21(26,17(25)11-22)20(15,2)10-16(24)18(14)19;1-3(2)4/h5,7,9,14-16,18,22,24,26H,3-4,6,8,10-11H2,1-2H3;1-2H3/t14-,15-,16-,18+,19-,20-,21-;/m0./s1. The van der Waals surface area contributed by atoms with E-state index in [1.54, 1.807) is 12.2 Å². The molecule has 0 amide bonds. The Morgan fingerprint density at radius 1 is 1.20 bits per heavy atom. The van der Waals surface area contributed by atoms with E-state index in [2.05, 4.69) is 6.92 Å². The van der Waals surface area contributed by atoms with Crippen LogP contribution in [-0.4, -0.2) is 51.0 Å². The quantitative estimate of drug-likeness (QED) is 0.634. The number of fused-ring (bicyclic) bond motifs is 5. The molecule has 30 heavy (non-hydrogen) atoms. The van der Waals surface area contributed by atoms with Crippen LogP contribution in [0.25, 0.3) is 0 Å². The third-order valence-electron chi connectivity index (χ3n) is 8.25. The number of Topliss-reactive ketones (excluding diaryl/α,β-unsaturated/α-hetero) is 2. The van der Waals surface area contributed by atoms with Gasteiger partial charge in [-0.05, 0) is 69.9 Å². The molecule has 4 aliphatic rings. The molecule has 3 fully saturated rings. The number of carbonyl (C=O) groups is 3. The van der Waals surface area contributed by atoms with Gasteiger partial charge in [0, 0.05) is 16.7 Å². The summed E-state index contributed by atoms with van der Waals surface area (Å²) in [4.78, 5) is 33.6. The van der Waals surface area contributed by atoms with Gasteiger partial charge in [0.1, 0.15) is 18.0 Å². The molecule has 7 atom stereocenters. The van der Waals surface area contributed by atoms with Crippen LogP contribution in [-0.2, 0) is 14.4 Å². The van der Waals surface area contributed by atoms with Crippen LogP contribution in [0, 0.1) is 28.6 Å². The summed E-state index contributed by atoms with van der Waals surface area (Å²) in [6, 6.07) is 0. The van der Waals surface area contributed by atoms with Crippen molar-refractivity contribution in [1.82, 2.24) is 0 Å². The van der Waals surface area contributed by atoms with E-state index >= 15 is 0 Å². The average molecular weight is 419 g/mol. The maximum Gasteiger partial charge on any atom is 0.190 e. The first-order valence-electron chi connectivity index (χ1n) is 10.9. The molecule has 0 heterocycles. The number of hydrogen-bond donors (Lipinski definition) is 3. The van der Waals surface area contributed by atoms with Crippen LogP contribution in [0.4, 0.5) is 0 Å².